The number of benzene rings is 1. The van der Waals surface area contributed by atoms with E-state index in [-0.39, 0.29) is 17.6 Å². The number of hydrogen-bond donors (Lipinski definition) is 2. The van der Waals surface area contributed by atoms with Crippen LogP contribution in [0.5, 0.6) is 0 Å². The van der Waals surface area contributed by atoms with Gasteiger partial charge in [-0.05, 0) is 32.4 Å². The van der Waals surface area contributed by atoms with Crippen molar-refractivity contribution in [2.45, 2.75) is 32.4 Å². The molecule has 2 atom stereocenters. The van der Waals surface area contributed by atoms with Crippen LogP contribution in [0.3, 0.4) is 0 Å². The summed E-state index contributed by atoms with van der Waals surface area (Å²) in [5.41, 5.74) is 5.42. The zero-order chi connectivity index (χ0) is 13.0. The van der Waals surface area contributed by atoms with E-state index in [1.54, 1.807) is 6.92 Å². The zero-order valence-electron chi connectivity index (χ0n) is 9.84. The lowest BCUT2D eigenvalue weighted by molar-refractivity contribution is 0.0933. The topological polar surface area (TPSA) is 55.1 Å². The van der Waals surface area contributed by atoms with Gasteiger partial charge in [-0.2, -0.15) is 0 Å². The first-order chi connectivity index (χ1) is 7.90. The molecule has 0 saturated heterocycles. The second-order valence-corrected chi connectivity index (χ2v) is 4.21. The summed E-state index contributed by atoms with van der Waals surface area (Å²) in [7, 11) is 0. The molecule has 94 valence electrons. The summed E-state index contributed by atoms with van der Waals surface area (Å²) < 4.78 is 25.9. The number of nitrogens with one attached hydrogen (secondary N) is 1. The average Bonchev–Trinajstić information content (AvgIpc) is 2.15. The van der Waals surface area contributed by atoms with E-state index in [1.165, 1.54) is 0 Å². The van der Waals surface area contributed by atoms with Gasteiger partial charge >= 0.3 is 0 Å². The fourth-order valence-corrected chi connectivity index (χ4v) is 1.59. The van der Waals surface area contributed by atoms with E-state index in [4.69, 9.17) is 5.73 Å². The van der Waals surface area contributed by atoms with Gasteiger partial charge in [0, 0.05) is 18.2 Å². The minimum atomic E-state index is -0.865. The molecule has 0 aliphatic heterocycles. The van der Waals surface area contributed by atoms with Crippen LogP contribution in [-0.2, 0) is 0 Å². The predicted octanol–water partition coefficient (Wildman–Crippen LogP) is 1.82. The highest BCUT2D eigenvalue weighted by Gasteiger charge is 2.15. The van der Waals surface area contributed by atoms with Crippen molar-refractivity contribution in [2.75, 3.05) is 0 Å². The van der Waals surface area contributed by atoms with E-state index in [0.29, 0.717) is 12.5 Å². The average molecular weight is 242 g/mol. The first-order valence-electron chi connectivity index (χ1n) is 5.41. The standard InChI is InChI=1S/C12H16F2N2O/c1-7(15)5-8(2)16-12(17)10-4-3-9(13)6-11(10)14/h3-4,6-8H,5,15H2,1-2H3,(H,16,17). The number of carbonyl (C=O) groups is 1. The predicted molar refractivity (Wildman–Crippen MR) is 61.6 cm³/mol. The third kappa shape index (κ3) is 4.11. The van der Waals surface area contributed by atoms with Crippen LogP contribution in [0.25, 0.3) is 0 Å². The molecule has 3 nitrogen and oxygen atoms in total. The first-order valence-corrected chi connectivity index (χ1v) is 5.41. The molecule has 17 heavy (non-hydrogen) atoms. The Morgan fingerprint density at radius 2 is 2.06 bits per heavy atom. The largest absolute Gasteiger partial charge is 0.349 e. The molecule has 1 aromatic rings. The maximum Gasteiger partial charge on any atom is 0.254 e. The van der Waals surface area contributed by atoms with Crippen molar-refractivity contribution in [1.82, 2.24) is 5.32 Å². The van der Waals surface area contributed by atoms with Crippen molar-refractivity contribution in [1.29, 1.82) is 0 Å². The van der Waals surface area contributed by atoms with Gasteiger partial charge in [-0.15, -0.1) is 0 Å². The van der Waals surface area contributed by atoms with Crippen molar-refractivity contribution in [2.24, 2.45) is 5.73 Å². The van der Waals surface area contributed by atoms with Crippen molar-refractivity contribution >= 4 is 5.91 Å². The lowest BCUT2D eigenvalue weighted by atomic mass is 10.1. The SMILES string of the molecule is CC(N)CC(C)NC(=O)c1ccc(F)cc1F. The molecular weight excluding hydrogens is 226 g/mol. The molecule has 0 aliphatic rings. The molecule has 0 spiro atoms. The van der Waals surface area contributed by atoms with Crippen LogP contribution >= 0.6 is 0 Å². The molecule has 3 N–H and O–H groups in total. The van der Waals surface area contributed by atoms with Crippen LogP contribution in [0.15, 0.2) is 18.2 Å². The molecule has 2 unspecified atom stereocenters. The molecule has 0 bridgehead atoms. The first kappa shape index (κ1) is 13.6. The molecule has 0 fully saturated rings. The number of carbonyl (C=O) groups excluding carboxylic acids is 1. The van der Waals surface area contributed by atoms with Crippen LogP contribution in [0.4, 0.5) is 8.78 Å². The van der Waals surface area contributed by atoms with Gasteiger partial charge in [0.25, 0.3) is 5.91 Å². The third-order valence-corrected chi connectivity index (χ3v) is 2.28. The van der Waals surface area contributed by atoms with Crippen molar-refractivity contribution in [3.8, 4) is 0 Å². The Balaban J connectivity index is 2.70. The molecular formula is C12H16F2N2O. The normalized spacial score (nSPS) is 14.2. The third-order valence-electron chi connectivity index (χ3n) is 2.28. The zero-order valence-corrected chi connectivity index (χ0v) is 9.84. The van der Waals surface area contributed by atoms with Gasteiger partial charge in [-0.1, -0.05) is 0 Å². The fraction of sp³-hybridized carbons (Fsp3) is 0.417. The molecule has 0 heterocycles. The summed E-state index contributed by atoms with van der Waals surface area (Å²) in [5, 5.41) is 2.61. The van der Waals surface area contributed by atoms with Crippen LogP contribution in [-0.4, -0.2) is 18.0 Å². The lowest BCUT2D eigenvalue weighted by Crippen LogP contribution is -2.36. The Morgan fingerprint density at radius 3 is 2.59 bits per heavy atom. The maximum atomic E-state index is 13.3. The highest BCUT2D eigenvalue weighted by Crippen LogP contribution is 2.10. The van der Waals surface area contributed by atoms with E-state index in [1.807, 2.05) is 6.92 Å². The Hall–Kier alpha value is -1.49. The van der Waals surface area contributed by atoms with E-state index < -0.39 is 17.5 Å². The van der Waals surface area contributed by atoms with Gasteiger partial charge in [0.1, 0.15) is 11.6 Å². The lowest BCUT2D eigenvalue weighted by Gasteiger charge is -2.16. The summed E-state index contributed by atoms with van der Waals surface area (Å²) in [6.45, 7) is 3.60. The summed E-state index contributed by atoms with van der Waals surface area (Å²) in [6.07, 6.45) is 0.592. The van der Waals surface area contributed by atoms with Crippen molar-refractivity contribution < 1.29 is 13.6 Å². The minimum absolute atomic E-state index is 0.0524. The van der Waals surface area contributed by atoms with E-state index in [2.05, 4.69) is 5.32 Å². The molecule has 5 heteroatoms. The van der Waals surface area contributed by atoms with Crippen LogP contribution in [0.2, 0.25) is 0 Å². The highest BCUT2D eigenvalue weighted by molar-refractivity contribution is 5.94. The molecule has 0 aromatic heterocycles. The molecule has 0 saturated carbocycles. The molecule has 0 aliphatic carbocycles. The summed E-state index contributed by atoms with van der Waals surface area (Å²) in [4.78, 5) is 11.7. The van der Waals surface area contributed by atoms with Gasteiger partial charge in [0.15, 0.2) is 0 Å². The Kier molecular flexibility index (Phi) is 4.57. The summed E-state index contributed by atoms with van der Waals surface area (Å²) in [5.74, 6) is -2.13. The quantitative estimate of drug-likeness (QED) is 0.846. The van der Waals surface area contributed by atoms with Gasteiger partial charge in [0.05, 0.1) is 5.56 Å². The minimum Gasteiger partial charge on any atom is -0.349 e. The van der Waals surface area contributed by atoms with Crippen LogP contribution in [0, 0.1) is 11.6 Å². The van der Waals surface area contributed by atoms with E-state index >= 15 is 0 Å². The highest BCUT2D eigenvalue weighted by atomic mass is 19.1. The number of rotatable bonds is 4. The molecule has 1 rings (SSSR count). The van der Waals surface area contributed by atoms with Crippen LogP contribution < -0.4 is 11.1 Å². The van der Waals surface area contributed by atoms with Crippen molar-refractivity contribution in [3.05, 3.63) is 35.4 Å². The molecule has 0 radical (unpaired) electrons. The molecule has 1 amide bonds. The van der Waals surface area contributed by atoms with Gasteiger partial charge in [0.2, 0.25) is 0 Å². The smallest absolute Gasteiger partial charge is 0.254 e. The van der Waals surface area contributed by atoms with Gasteiger partial charge in [-0.25, -0.2) is 8.78 Å². The second kappa shape index (κ2) is 5.72. The Bertz CT molecular complexity index is 407. The summed E-state index contributed by atoms with van der Waals surface area (Å²) >= 11 is 0. The maximum absolute atomic E-state index is 13.3. The number of nitrogens with two attached hydrogens (primary N) is 1. The number of hydrogen-bond acceptors (Lipinski definition) is 2. The fourth-order valence-electron chi connectivity index (χ4n) is 1.59. The number of amides is 1. The number of halogens is 2. The van der Waals surface area contributed by atoms with Crippen LogP contribution in [0.1, 0.15) is 30.6 Å². The second-order valence-electron chi connectivity index (χ2n) is 4.21. The van der Waals surface area contributed by atoms with Gasteiger partial charge in [-0.3, -0.25) is 4.79 Å². The Morgan fingerprint density at radius 1 is 1.41 bits per heavy atom. The molecule has 1 aromatic carbocycles. The monoisotopic (exact) mass is 242 g/mol. The Labute approximate surface area is 99.0 Å². The van der Waals surface area contributed by atoms with Gasteiger partial charge < -0.3 is 11.1 Å². The summed E-state index contributed by atoms with van der Waals surface area (Å²) in [6, 6.07) is 2.65. The van der Waals surface area contributed by atoms with Crippen molar-refractivity contribution in [3.63, 3.8) is 0 Å². The van der Waals surface area contributed by atoms with E-state index in [9.17, 15) is 13.6 Å². The van der Waals surface area contributed by atoms with E-state index in [0.717, 1.165) is 12.1 Å².